The Bertz CT molecular complexity index is 351. The second-order valence-electron chi connectivity index (χ2n) is 3.94. The number of rotatable bonds is 1. The van der Waals surface area contributed by atoms with Gasteiger partial charge in [-0.1, -0.05) is 24.3 Å². The van der Waals surface area contributed by atoms with E-state index in [1.807, 2.05) is 6.92 Å². The molecule has 0 radical (unpaired) electrons. The van der Waals surface area contributed by atoms with Gasteiger partial charge >= 0.3 is 0 Å². The molecular weight excluding hydrogens is 172 g/mol. The molecule has 0 aliphatic heterocycles. The molecule has 2 rings (SSSR count). The molecule has 14 heavy (non-hydrogen) atoms. The highest BCUT2D eigenvalue weighted by Gasteiger charge is 2.16. The molecular formula is C12H16N2. The van der Waals surface area contributed by atoms with Crippen molar-refractivity contribution in [3.05, 3.63) is 35.4 Å². The van der Waals surface area contributed by atoms with E-state index in [0.29, 0.717) is 11.9 Å². The lowest BCUT2D eigenvalue weighted by Gasteiger charge is -2.21. The summed E-state index contributed by atoms with van der Waals surface area (Å²) in [6, 6.07) is 9.01. The molecule has 1 aromatic rings. The molecule has 74 valence electrons. The number of hydrogen-bond acceptors (Lipinski definition) is 1. The normalized spacial score (nSPS) is 21.8. The highest BCUT2D eigenvalue weighted by Crippen LogP contribution is 2.22. The van der Waals surface area contributed by atoms with Gasteiger partial charge < -0.3 is 5.73 Å². The van der Waals surface area contributed by atoms with Crippen LogP contribution >= 0.6 is 0 Å². The van der Waals surface area contributed by atoms with Crippen LogP contribution in [0.15, 0.2) is 29.3 Å². The maximum Gasteiger partial charge on any atom is 0.0909 e. The van der Waals surface area contributed by atoms with Gasteiger partial charge in [-0.2, -0.15) is 0 Å². The molecule has 0 saturated heterocycles. The van der Waals surface area contributed by atoms with E-state index in [-0.39, 0.29) is 0 Å². The summed E-state index contributed by atoms with van der Waals surface area (Å²) in [4.78, 5) is 4.43. The van der Waals surface area contributed by atoms with Gasteiger partial charge in [0.05, 0.1) is 11.9 Å². The van der Waals surface area contributed by atoms with Crippen LogP contribution in [0.2, 0.25) is 0 Å². The largest absolute Gasteiger partial charge is 0.388 e. The second-order valence-corrected chi connectivity index (χ2v) is 3.94. The van der Waals surface area contributed by atoms with Gasteiger partial charge in [-0.15, -0.1) is 0 Å². The average molecular weight is 188 g/mol. The Morgan fingerprint density at radius 1 is 1.36 bits per heavy atom. The first kappa shape index (κ1) is 9.25. The Kier molecular flexibility index (Phi) is 2.53. The summed E-state index contributed by atoms with van der Waals surface area (Å²) in [6.45, 7) is 1.86. The van der Waals surface area contributed by atoms with Crippen molar-refractivity contribution in [1.82, 2.24) is 0 Å². The fourth-order valence-corrected chi connectivity index (χ4v) is 2.08. The summed E-state index contributed by atoms with van der Waals surface area (Å²) in [5.41, 5.74) is 8.51. The number of fused-ring (bicyclic) bond motifs is 1. The van der Waals surface area contributed by atoms with Crippen molar-refractivity contribution >= 4 is 5.84 Å². The van der Waals surface area contributed by atoms with Crippen LogP contribution in [0.1, 0.15) is 24.5 Å². The zero-order chi connectivity index (χ0) is 9.97. The molecule has 1 aromatic carbocycles. The van der Waals surface area contributed by atoms with Crippen molar-refractivity contribution in [2.75, 3.05) is 0 Å². The first-order valence-electron chi connectivity index (χ1n) is 5.12. The van der Waals surface area contributed by atoms with Gasteiger partial charge in [0, 0.05) is 0 Å². The second kappa shape index (κ2) is 3.82. The minimum Gasteiger partial charge on any atom is -0.388 e. The van der Waals surface area contributed by atoms with Crippen LogP contribution in [0.25, 0.3) is 0 Å². The van der Waals surface area contributed by atoms with Crippen molar-refractivity contribution in [3.8, 4) is 0 Å². The number of benzene rings is 1. The number of aryl methyl sites for hydroxylation is 1. The molecule has 1 atom stereocenters. The van der Waals surface area contributed by atoms with Crippen LogP contribution in [-0.2, 0) is 12.8 Å². The smallest absolute Gasteiger partial charge is 0.0909 e. The van der Waals surface area contributed by atoms with Crippen LogP contribution in [-0.4, -0.2) is 11.9 Å². The molecule has 2 heteroatoms. The Labute approximate surface area is 84.9 Å². The van der Waals surface area contributed by atoms with E-state index in [9.17, 15) is 0 Å². The van der Waals surface area contributed by atoms with E-state index in [0.717, 1.165) is 19.3 Å². The maximum atomic E-state index is 5.59. The minimum absolute atomic E-state index is 0.398. The van der Waals surface area contributed by atoms with Crippen LogP contribution in [0.3, 0.4) is 0 Å². The number of nitrogens with two attached hydrogens (primary N) is 1. The van der Waals surface area contributed by atoms with E-state index < -0.39 is 0 Å². The Morgan fingerprint density at radius 2 is 2.07 bits per heavy atom. The van der Waals surface area contributed by atoms with E-state index >= 15 is 0 Å². The standard InChI is InChI=1S/C12H16N2/c1-9(13)14-12-7-6-10-4-2-3-5-11(10)8-12/h2-5,12H,6-8H2,1H3,(H2,13,14). The molecule has 1 aliphatic rings. The fraction of sp³-hybridized carbons (Fsp3) is 0.417. The van der Waals surface area contributed by atoms with Gasteiger partial charge in [0.15, 0.2) is 0 Å². The zero-order valence-electron chi connectivity index (χ0n) is 8.53. The van der Waals surface area contributed by atoms with Crippen molar-refractivity contribution in [3.63, 3.8) is 0 Å². The summed E-state index contributed by atoms with van der Waals surface area (Å²) < 4.78 is 0. The maximum absolute atomic E-state index is 5.59. The lowest BCUT2D eigenvalue weighted by molar-refractivity contribution is 0.578. The molecule has 0 bridgehead atoms. The summed E-state index contributed by atoms with van der Waals surface area (Å²) in [6.07, 6.45) is 3.31. The number of hydrogen-bond donors (Lipinski definition) is 1. The van der Waals surface area contributed by atoms with Gasteiger partial charge in [0.25, 0.3) is 0 Å². The van der Waals surface area contributed by atoms with Gasteiger partial charge in [-0.05, 0) is 37.3 Å². The van der Waals surface area contributed by atoms with Crippen molar-refractivity contribution in [2.45, 2.75) is 32.2 Å². The van der Waals surface area contributed by atoms with Crippen molar-refractivity contribution in [1.29, 1.82) is 0 Å². The lowest BCUT2D eigenvalue weighted by Crippen LogP contribution is -2.20. The van der Waals surface area contributed by atoms with Crippen molar-refractivity contribution < 1.29 is 0 Å². The molecule has 0 spiro atoms. The quantitative estimate of drug-likeness (QED) is 0.530. The predicted octanol–water partition coefficient (Wildman–Crippen LogP) is 1.92. The van der Waals surface area contributed by atoms with Crippen molar-refractivity contribution in [2.24, 2.45) is 10.7 Å². The first-order valence-corrected chi connectivity index (χ1v) is 5.12. The van der Waals surface area contributed by atoms with Gasteiger partial charge in [0.1, 0.15) is 0 Å². The van der Waals surface area contributed by atoms with Crippen LogP contribution in [0, 0.1) is 0 Å². The van der Waals surface area contributed by atoms with E-state index in [1.54, 1.807) is 0 Å². The molecule has 2 nitrogen and oxygen atoms in total. The fourth-order valence-electron chi connectivity index (χ4n) is 2.08. The van der Waals surface area contributed by atoms with Gasteiger partial charge in [-0.25, -0.2) is 0 Å². The van der Waals surface area contributed by atoms with E-state index in [4.69, 9.17) is 5.73 Å². The molecule has 1 unspecified atom stereocenters. The zero-order valence-corrected chi connectivity index (χ0v) is 8.53. The number of aliphatic imine (C=N–C) groups is 1. The van der Waals surface area contributed by atoms with Crippen LogP contribution < -0.4 is 5.73 Å². The number of nitrogens with zero attached hydrogens (tertiary/aromatic N) is 1. The SMILES string of the molecule is CC(N)=NC1CCc2ccccc2C1. The molecule has 0 heterocycles. The highest BCUT2D eigenvalue weighted by molar-refractivity contribution is 5.77. The first-order chi connectivity index (χ1) is 6.75. The average Bonchev–Trinajstić information content (AvgIpc) is 2.17. The molecule has 1 aliphatic carbocycles. The third-order valence-electron chi connectivity index (χ3n) is 2.71. The Balaban J connectivity index is 2.17. The summed E-state index contributed by atoms with van der Waals surface area (Å²) in [5.74, 6) is 0.703. The third kappa shape index (κ3) is 1.95. The Hall–Kier alpha value is -1.31. The van der Waals surface area contributed by atoms with E-state index in [2.05, 4.69) is 29.3 Å². The molecule has 2 N–H and O–H groups in total. The number of amidine groups is 1. The van der Waals surface area contributed by atoms with E-state index in [1.165, 1.54) is 11.1 Å². The molecule has 0 aromatic heterocycles. The summed E-state index contributed by atoms with van der Waals surface area (Å²) >= 11 is 0. The third-order valence-corrected chi connectivity index (χ3v) is 2.71. The Morgan fingerprint density at radius 3 is 2.79 bits per heavy atom. The van der Waals surface area contributed by atoms with Gasteiger partial charge in [0.2, 0.25) is 0 Å². The molecule has 0 fully saturated rings. The van der Waals surface area contributed by atoms with Gasteiger partial charge in [-0.3, -0.25) is 4.99 Å². The van der Waals surface area contributed by atoms with Crippen LogP contribution in [0.5, 0.6) is 0 Å². The molecule has 0 saturated carbocycles. The monoisotopic (exact) mass is 188 g/mol. The molecule has 0 amide bonds. The summed E-state index contributed by atoms with van der Waals surface area (Å²) in [5, 5.41) is 0. The van der Waals surface area contributed by atoms with Crippen LogP contribution in [0.4, 0.5) is 0 Å². The minimum atomic E-state index is 0.398. The lowest BCUT2D eigenvalue weighted by atomic mass is 9.89. The topological polar surface area (TPSA) is 38.4 Å². The summed E-state index contributed by atoms with van der Waals surface area (Å²) in [7, 11) is 0. The highest BCUT2D eigenvalue weighted by atomic mass is 14.9. The predicted molar refractivity (Wildman–Crippen MR) is 59.6 cm³/mol.